The normalized spacial score (nSPS) is 11.2. The third kappa shape index (κ3) is 3.51. The lowest BCUT2D eigenvalue weighted by Crippen LogP contribution is -2.27. The van der Waals surface area contributed by atoms with Crippen LogP contribution in [0.5, 0.6) is 0 Å². The molecule has 0 unspecified atom stereocenters. The van der Waals surface area contributed by atoms with Gasteiger partial charge in [-0.2, -0.15) is 5.10 Å². The van der Waals surface area contributed by atoms with Crippen molar-refractivity contribution in [3.63, 3.8) is 0 Å². The molecule has 0 atom stereocenters. The first kappa shape index (κ1) is 14.4. The zero-order valence-corrected chi connectivity index (χ0v) is 12.3. The molecule has 0 saturated heterocycles. The maximum Gasteiger partial charge on any atom is 0.412 e. The summed E-state index contributed by atoms with van der Waals surface area (Å²) in [6.07, 6.45) is 2.86. The molecule has 2 rings (SSSR count). The van der Waals surface area contributed by atoms with E-state index in [1.165, 1.54) is 0 Å². The van der Waals surface area contributed by atoms with Crippen molar-refractivity contribution in [2.75, 3.05) is 5.32 Å². The van der Waals surface area contributed by atoms with Gasteiger partial charge in [0, 0.05) is 12.4 Å². The monoisotopic (exact) mass is 293 g/mol. The molecule has 5 nitrogen and oxygen atoms in total. The van der Waals surface area contributed by atoms with Gasteiger partial charge in [0.2, 0.25) is 0 Å². The first-order valence-electron chi connectivity index (χ1n) is 6.15. The Kier molecular flexibility index (Phi) is 3.99. The molecule has 1 aromatic carbocycles. The van der Waals surface area contributed by atoms with Crippen molar-refractivity contribution in [2.24, 2.45) is 0 Å². The van der Waals surface area contributed by atoms with Gasteiger partial charge in [-0.05, 0) is 39.0 Å². The summed E-state index contributed by atoms with van der Waals surface area (Å²) in [5.74, 6) is 0. The maximum atomic E-state index is 11.9. The molecule has 0 bridgehead atoms. The summed E-state index contributed by atoms with van der Waals surface area (Å²) in [4.78, 5) is 11.9. The van der Waals surface area contributed by atoms with E-state index in [1.54, 1.807) is 62.1 Å². The molecule has 0 radical (unpaired) electrons. The predicted molar refractivity (Wildman–Crippen MR) is 78.4 cm³/mol. The highest BCUT2D eigenvalue weighted by atomic mass is 35.5. The van der Waals surface area contributed by atoms with E-state index in [2.05, 4.69) is 10.4 Å². The summed E-state index contributed by atoms with van der Waals surface area (Å²) in [5, 5.41) is 7.31. The number of para-hydroxylation sites is 1. The highest BCUT2D eigenvalue weighted by molar-refractivity contribution is 6.33. The van der Waals surface area contributed by atoms with Gasteiger partial charge >= 0.3 is 6.09 Å². The fourth-order valence-corrected chi connectivity index (χ4v) is 1.92. The number of anilines is 1. The van der Waals surface area contributed by atoms with E-state index in [1.807, 2.05) is 0 Å². The minimum Gasteiger partial charge on any atom is -0.444 e. The molecule has 1 aromatic heterocycles. The first-order chi connectivity index (χ1) is 9.37. The molecular formula is C14H16ClN3O2. The molecule has 0 fully saturated rings. The van der Waals surface area contributed by atoms with Crippen molar-refractivity contribution in [3.05, 3.63) is 41.7 Å². The first-order valence-corrected chi connectivity index (χ1v) is 6.53. The Morgan fingerprint density at radius 1 is 1.35 bits per heavy atom. The van der Waals surface area contributed by atoms with Crippen LogP contribution in [0.25, 0.3) is 5.69 Å². The van der Waals surface area contributed by atoms with Crippen LogP contribution in [0.3, 0.4) is 0 Å². The lowest BCUT2D eigenvalue weighted by atomic mass is 10.2. The van der Waals surface area contributed by atoms with E-state index in [-0.39, 0.29) is 0 Å². The number of hydrogen-bond acceptors (Lipinski definition) is 3. The zero-order chi connectivity index (χ0) is 14.8. The van der Waals surface area contributed by atoms with Gasteiger partial charge in [-0.25, -0.2) is 9.48 Å². The fourth-order valence-electron chi connectivity index (χ4n) is 1.66. The summed E-state index contributed by atoms with van der Waals surface area (Å²) in [5.41, 5.74) is 0.578. The second kappa shape index (κ2) is 5.54. The van der Waals surface area contributed by atoms with Crippen molar-refractivity contribution in [2.45, 2.75) is 26.4 Å². The number of amides is 1. The van der Waals surface area contributed by atoms with Crippen LogP contribution in [-0.4, -0.2) is 21.5 Å². The highest BCUT2D eigenvalue weighted by Gasteiger charge is 2.18. The summed E-state index contributed by atoms with van der Waals surface area (Å²) < 4.78 is 6.82. The van der Waals surface area contributed by atoms with Crippen LogP contribution in [0, 0.1) is 0 Å². The Balaban J connectivity index is 2.29. The average molecular weight is 294 g/mol. The Hall–Kier alpha value is -2.01. The van der Waals surface area contributed by atoms with Gasteiger partial charge in [0.05, 0.1) is 10.7 Å². The van der Waals surface area contributed by atoms with E-state index >= 15 is 0 Å². The minimum atomic E-state index is -0.561. The lowest BCUT2D eigenvalue weighted by Gasteiger charge is -2.20. The molecule has 6 heteroatoms. The number of hydrogen-bond donors (Lipinski definition) is 1. The van der Waals surface area contributed by atoms with Crippen molar-refractivity contribution in [1.82, 2.24) is 9.78 Å². The topological polar surface area (TPSA) is 56.1 Å². The molecule has 20 heavy (non-hydrogen) atoms. The van der Waals surface area contributed by atoms with Gasteiger partial charge in [-0.3, -0.25) is 5.32 Å². The number of carbonyl (C=O) groups excluding carboxylic acids is 1. The minimum absolute atomic E-state index is 0.488. The predicted octanol–water partition coefficient (Wildman–Crippen LogP) is 3.87. The van der Waals surface area contributed by atoms with Crippen LogP contribution < -0.4 is 5.32 Å². The number of halogens is 1. The van der Waals surface area contributed by atoms with Gasteiger partial charge in [-0.15, -0.1) is 0 Å². The third-order valence-corrected chi connectivity index (χ3v) is 2.66. The number of rotatable bonds is 2. The van der Waals surface area contributed by atoms with Crippen molar-refractivity contribution in [1.29, 1.82) is 0 Å². The Morgan fingerprint density at radius 2 is 2.10 bits per heavy atom. The van der Waals surface area contributed by atoms with E-state index in [9.17, 15) is 4.79 Å². The standard InChI is InChI=1S/C14H16ClN3O2/c1-14(2,3)20-13(19)17-11-7-4-6-10(15)12(11)18-9-5-8-16-18/h4-9H,1-3H3,(H,17,19). The smallest absolute Gasteiger partial charge is 0.412 e. The Bertz CT molecular complexity index is 603. The maximum absolute atomic E-state index is 11.9. The van der Waals surface area contributed by atoms with Crippen molar-refractivity contribution >= 4 is 23.4 Å². The second-order valence-corrected chi connectivity index (χ2v) is 5.62. The molecule has 0 spiro atoms. The molecule has 106 valence electrons. The van der Waals surface area contributed by atoms with Gasteiger partial charge in [0.1, 0.15) is 11.3 Å². The molecule has 0 aliphatic rings. The summed E-state index contributed by atoms with van der Waals surface area (Å²) in [7, 11) is 0. The largest absolute Gasteiger partial charge is 0.444 e. The third-order valence-electron chi connectivity index (χ3n) is 2.36. The van der Waals surface area contributed by atoms with Gasteiger partial charge < -0.3 is 4.74 Å². The lowest BCUT2D eigenvalue weighted by molar-refractivity contribution is 0.0636. The number of carbonyl (C=O) groups is 1. The van der Waals surface area contributed by atoms with Crippen LogP contribution in [0.15, 0.2) is 36.7 Å². The van der Waals surface area contributed by atoms with Gasteiger partial charge in [0.15, 0.2) is 0 Å². The van der Waals surface area contributed by atoms with Crippen LogP contribution in [0.2, 0.25) is 5.02 Å². The van der Waals surface area contributed by atoms with Crippen LogP contribution in [0.4, 0.5) is 10.5 Å². The zero-order valence-electron chi connectivity index (χ0n) is 11.6. The van der Waals surface area contributed by atoms with Crippen LogP contribution >= 0.6 is 11.6 Å². The Labute approximate surface area is 122 Å². The fraction of sp³-hybridized carbons (Fsp3) is 0.286. The van der Waals surface area contributed by atoms with E-state index < -0.39 is 11.7 Å². The summed E-state index contributed by atoms with van der Waals surface area (Å²) in [6, 6.07) is 7.01. The molecule has 2 aromatic rings. The van der Waals surface area contributed by atoms with E-state index in [0.717, 1.165) is 0 Å². The van der Waals surface area contributed by atoms with Crippen molar-refractivity contribution in [3.8, 4) is 5.69 Å². The van der Waals surface area contributed by atoms with E-state index in [0.29, 0.717) is 16.4 Å². The molecule has 1 N–H and O–H groups in total. The highest BCUT2D eigenvalue weighted by Crippen LogP contribution is 2.28. The average Bonchev–Trinajstić information content (AvgIpc) is 2.79. The molecule has 0 saturated carbocycles. The van der Waals surface area contributed by atoms with Crippen molar-refractivity contribution < 1.29 is 9.53 Å². The van der Waals surface area contributed by atoms with Gasteiger partial charge in [-0.1, -0.05) is 17.7 Å². The summed E-state index contributed by atoms with van der Waals surface area (Å²) >= 11 is 6.18. The number of benzene rings is 1. The van der Waals surface area contributed by atoms with E-state index in [4.69, 9.17) is 16.3 Å². The number of nitrogens with zero attached hydrogens (tertiary/aromatic N) is 2. The van der Waals surface area contributed by atoms with Crippen LogP contribution in [0.1, 0.15) is 20.8 Å². The van der Waals surface area contributed by atoms with Crippen LogP contribution in [-0.2, 0) is 4.74 Å². The SMILES string of the molecule is CC(C)(C)OC(=O)Nc1cccc(Cl)c1-n1cccn1. The number of nitrogens with one attached hydrogen (secondary N) is 1. The molecule has 0 aliphatic carbocycles. The quantitative estimate of drug-likeness (QED) is 0.914. The molecular weight excluding hydrogens is 278 g/mol. The molecule has 1 amide bonds. The number of ether oxygens (including phenoxy) is 1. The second-order valence-electron chi connectivity index (χ2n) is 5.21. The van der Waals surface area contributed by atoms with Gasteiger partial charge in [0.25, 0.3) is 0 Å². The molecule has 1 heterocycles. The number of aromatic nitrogens is 2. The summed E-state index contributed by atoms with van der Waals surface area (Å²) in [6.45, 7) is 5.41. The molecule has 0 aliphatic heterocycles. The Morgan fingerprint density at radius 3 is 2.70 bits per heavy atom.